The number of aryl methyl sites for hydroxylation is 2. The molecule has 0 atom stereocenters. The Morgan fingerprint density at radius 1 is 0.935 bits per heavy atom. The quantitative estimate of drug-likeness (QED) is 0.463. The van der Waals surface area contributed by atoms with Crippen LogP contribution >= 0.6 is 0 Å². The van der Waals surface area contributed by atoms with E-state index in [0.29, 0.717) is 29.6 Å². The van der Waals surface area contributed by atoms with Crippen molar-refractivity contribution in [3.8, 4) is 17.2 Å². The first-order valence-corrected chi connectivity index (χ1v) is 10.0. The molecule has 0 saturated heterocycles. The first-order valence-electron chi connectivity index (χ1n) is 10.0. The minimum atomic E-state index is -0.213. The summed E-state index contributed by atoms with van der Waals surface area (Å²) in [5.41, 5.74) is 4.92. The SMILES string of the molecule is Cc1ccc(OCC(=O)Nc2ccc(Cc3nnc(-c4ccccc4)o3)cc2)cc1C. The summed E-state index contributed by atoms with van der Waals surface area (Å²) in [6.45, 7) is 4.01. The van der Waals surface area contributed by atoms with Gasteiger partial charge in [-0.2, -0.15) is 0 Å². The maximum absolute atomic E-state index is 12.2. The average Bonchev–Trinajstić information content (AvgIpc) is 3.25. The minimum Gasteiger partial charge on any atom is -0.484 e. The second-order valence-corrected chi connectivity index (χ2v) is 7.32. The first-order chi connectivity index (χ1) is 15.1. The van der Waals surface area contributed by atoms with Crippen LogP contribution in [-0.4, -0.2) is 22.7 Å². The Labute approximate surface area is 180 Å². The Balaban J connectivity index is 1.30. The van der Waals surface area contributed by atoms with Gasteiger partial charge in [-0.25, -0.2) is 0 Å². The number of rotatable bonds is 7. The van der Waals surface area contributed by atoms with Gasteiger partial charge in [0.15, 0.2) is 6.61 Å². The lowest BCUT2D eigenvalue weighted by atomic mass is 10.1. The molecule has 1 N–H and O–H groups in total. The minimum absolute atomic E-state index is 0.0471. The van der Waals surface area contributed by atoms with Crippen LogP contribution in [-0.2, 0) is 11.2 Å². The fourth-order valence-corrected chi connectivity index (χ4v) is 3.05. The average molecular weight is 413 g/mol. The van der Waals surface area contributed by atoms with E-state index in [9.17, 15) is 4.79 Å². The molecule has 0 aliphatic carbocycles. The molecule has 0 fully saturated rings. The highest BCUT2D eigenvalue weighted by Crippen LogP contribution is 2.20. The number of amides is 1. The Bertz CT molecular complexity index is 1170. The van der Waals surface area contributed by atoms with Crippen LogP contribution in [0, 0.1) is 13.8 Å². The van der Waals surface area contributed by atoms with Crippen LogP contribution in [0.15, 0.2) is 77.2 Å². The second-order valence-electron chi connectivity index (χ2n) is 7.32. The van der Waals surface area contributed by atoms with Gasteiger partial charge in [-0.3, -0.25) is 4.79 Å². The summed E-state index contributed by atoms with van der Waals surface area (Å²) in [6, 6.07) is 23.0. The van der Waals surface area contributed by atoms with E-state index in [1.54, 1.807) is 0 Å². The Kier molecular flexibility index (Phi) is 6.08. The third-order valence-electron chi connectivity index (χ3n) is 4.93. The fourth-order valence-electron chi connectivity index (χ4n) is 3.05. The van der Waals surface area contributed by atoms with E-state index >= 15 is 0 Å². The lowest BCUT2D eigenvalue weighted by Crippen LogP contribution is -2.20. The van der Waals surface area contributed by atoms with Crippen molar-refractivity contribution in [3.63, 3.8) is 0 Å². The maximum atomic E-state index is 12.2. The Morgan fingerprint density at radius 2 is 1.71 bits per heavy atom. The summed E-state index contributed by atoms with van der Waals surface area (Å²) in [5, 5.41) is 11.1. The molecule has 0 unspecified atom stereocenters. The normalized spacial score (nSPS) is 10.6. The lowest BCUT2D eigenvalue weighted by Gasteiger charge is -2.09. The zero-order chi connectivity index (χ0) is 21.6. The molecule has 1 amide bonds. The largest absolute Gasteiger partial charge is 0.484 e. The molecule has 1 aromatic heterocycles. The van der Waals surface area contributed by atoms with Gasteiger partial charge in [-0.05, 0) is 66.9 Å². The summed E-state index contributed by atoms with van der Waals surface area (Å²) in [4.78, 5) is 12.2. The fraction of sp³-hybridized carbons (Fsp3) is 0.160. The second kappa shape index (κ2) is 9.26. The van der Waals surface area contributed by atoms with Gasteiger partial charge in [0.05, 0.1) is 6.42 Å². The Morgan fingerprint density at radius 3 is 2.45 bits per heavy atom. The topological polar surface area (TPSA) is 77.2 Å². The van der Waals surface area contributed by atoms with Crippen molar-refractivity contribution in [3.05, 3.63) is 95.4 Å². The van der Waals surface area contributed by atoms with Gasteiger partial charge in [0.1, 0.15) is 5.75 Å². The predicted molar refractivity (Wildman–Crippen MR) is 119 cm³/mol. The highest BCUT2D eigenvalue weighted by molar-refractivity contribution is 5.91. The van der Waals surface area contributed by atoms with E-state index < -0.39 is 0 Å². The smallest absolute Gasteiger partial charge is 0.262 e. The van der Waals surface area contributed by atoms with E-state index in [2.05, 4.69) is 15.5 Å². The monoisotopic (exact) mass is 413 g/mol. The number of carbonyl (C=O) groups is 1. The maximum Gasteiger partial charge on any atom is 0.262 e. The number of anilines is 1. The van der Waals surface area contributed by atoms with Crippen molar-refractivity contribution in [2.45, 2.75) is 20.3 Å². The first kappa shape index (κ1) is 20.3. The van der Waals surface area contributed by atoms with Gasteiger partial charge in [0.2, 0.25) is 11.8 Å². The molecule has 31 heavy (non-hydrogen) atoms. The van der Waals surface area contributed by atoms with Gasteiger partial charge in [0.25, 0.3) is 5.91 Å². The molecule has 3 aromatic carbocycles. The van der Waals surface area contributed by atoms with Crippen LogP contribution in [0.5, 0.6) is 5.75 Å². The number of nitrogens with one attached hydrogen (secondary N) is 1. The number of hydrogen-bond donors (Lipinski definition) is 1. The molecule has 0 spiro atoms. The molecule has 4 aromatic rings. The van der Waals surface area contributed by atoms with Crippen LogP contribution < -0.4 is 10.1 Å². The molecule has 6 heteroatoms. The molecular weight excluding hydrogens is 390 g/mol. The number of nitrogens with zero attached hydrogens (tertiary/aromatic N) is 2. The van der Waals surface area contributed by atoms with E-state index in [4.69, 9.17) is 9.15 Å². The van der Waals surface area contributed by atoms with Crippen molar-refractivity contribution < 1.29 is 13.9 Å². The number of carbonyl (C=O) groups excluding carboxylic acids is 1. The zero-order valence-corrected chi connectivity index (χ0v) is 17.5. The van der Waals surface area contributed by atoms with Gasteiger partial charge in [-0.15, -0.1) is 10.2 Å². The van der Waals surface area contributed by atoms with Crippen LogP contribution in [0.1, 0.15) is 22.6 Å². The van der Waals surface area contributed by atoms with Gasteiger partial charge < -0.3 is 14.5 Å². The predicted octanol–water partition coefficient (Wildman–Crippen LogP) is 4.96. The molecule has 0 radical (unpaired) electrons. The third kappa shape index (κ3) is 5.36. The van der Waals surface area contributed by atoms with Gasteiger partial charge >= 0.3 is 0 Å². The van der Waals surface area contributed by atoms with Gasteiger partial charge in [-0.1, -0.05) is 36.4 Å². The van der Waals surface area contributed by atoms with E-state index in [1.165, 1.54) is 5.56 Å². The summed E-state index contributed by atoms with van der Waals surface area (Å²) in [5.74, 6) is 1.51. The third-order valence-corrected chi connectivity index (χ3v) is 4.93. The highest BCUT2D eigenvalue weighted by atomic mass is 16.5. The van der Waals surface area contributed by atoms with Gasteiger partial charge in [0, 0.05) is 11.3 Å². The Hall–Kier alpha value is -3.93. The number of hydrogen-bond acceptors (Lipinski definition) is 5. The molecule has 1 heterocycles. The zero-order valence-electron chi connectivity index (χ0n) is 17.5. The van der Waals surface area contributed by atoms with Crippen molar-refractivity contribution in [1.82, 2.24) is 10.2 Å². The van der Waals surface area contributed by atoms with Crippen molar-refractivity contribution in [1.29, 1.82) is 0 Å². The van der Waals surface area contributed by atoms with Crippen molar-refractivity contribution >= 4 is 11.6 Å². The summed E-state index contributed by atoms with van der Waals surface area (Å²) < 4.78 is 11.3. The molecule has 0 saturated carbocycles. The number of ether oxygens (including phenoxy) is 1. The highest BCUT2D eigenvalue weighted by Gasteiger charge is 2.09. The van der Waals surface area contributed by atoms with E-state index in [-0.39, 0.29) is 12.5 Å². The molecule has 4 rings (SSSR count). The number of aromatic nitrogens is 2. The standard InChI is InChI=1S/C25H23N3O3/c1-17-8-13-22(14-18(17)2)30-16-23(29)26-21-11-9-19(10-12-21)15-24-27-28-25(31-24)20-6-4-3-5-7-20/h3-14H,15-16H2,1-2H3,(H,26,29). The molecular formula is C25H23N3O3. The molecule has 6 nitrogen and oxygen atoms in total. The lowest BCUT2D eigenvalue weighted by molar-refractivity contribution is -0.118. The van der Waals surface area contributed by atoms with Crippen molar-refractivity contribution in [2.24, 2.45) is 0 Å². The van der Waals surface area contributed by atoms with Crippen LogP contribution in [0.3, 0.4) is 0 Å². The van der Waals surface area contributed by atoms with E-state index in [0.717, 1.165) is 16.7 Å². The molecule has 0 bridgehead atoms. The number of benzene rings is 3. The van der Waals surface area contributed by atoms with Crippen LogP contribution in [0.25, 0.3) is 11.5 Å². The molecule has 0 aliphatic heterocycles. The van der Waals surface area contributed by atoms with Crippen LogP contribution in [0.4, 0.5) is 5.69 Å². The van der Waals surface area contributed by atoms with E-state index in [1.807, 2.05) is 86.6 Å². The summed E-state index contributed by atoms with van der Waals surface area (Å²) in [7, 11) is 0. The summed E-state index contributed by atoms with van der Waals surface area (Å²) in [6.07, 6.45) is 0.518. The molecule has 0 aliphatic rings. The van der Waals surface area contributed by atoms with Crippen molar-refractivity contribution in [2.75, 3.05) is 11.9 Å². The van der Waals surface area contributed by atoms with Crippen LogP contribution in [0.2, 0.25) is 0 Å². The summed E-state index contributed by atoms with van der Waals surface area (Å²) >= 11 is 0. The molecule has 156 valence electrons.